The Morgan fingerprint density at radius 3 is 2.83 bits per heavy atom. The molecule has 0 spiro atoms. The van der Waals surface area contributed by atoms with E-state index in [1.165, 1.54) is 12.7 Å². The first kappa shape index (κ1) is 13.1. The molecule has 1 aromatic rings. The van der Waals surface area contributed by atoms with Crippen molar-refractivity contribution in [3.8, 4) is 0 Å². The molecule has 0 radical (unpaired) electrons. The molecule has 0 saturated carbocycles. The van der Waals surface area contributed by atoms with Crippen LogP contribution in [0, 0.1) is 11.3 Å². The van der Waals surface area contributed by atoms with Crippen LogP contribution in [0.4, 0.5) is 0 Å². The highest BCUT2D eigenvalue weighted by Crippen LogP contribution is 2.34. The summed E-state index contributed by atoms with van der Waals surface area (Å²) >= 11 is 0. The first-order valence-corrected chi connectivity index (χ1v) is 6.40. The van der Waals surface area contributed by atoms with Crippen LogP contribution in [-0.4, -0.2) is 29.1 Å². The van der Waals surface area contributed by atoms with Crippen LogP contribution in [0.1, 0.15) is 43.3 Å². The molecule has 1 atom stereocenters. The molecule has 1 aliphatic heterocycles. The molecule has 18 heavy (non-hydrogen) atoms. The van der Waals surface area contributed by atoms with Crippen LogP contribution in [0.15, 0.2) is 16.7 Å². The molecule has 4 heteroatoms. The lowest BCUT2D eigenvalue weighted by atomic mass is 9.80. The van der Waals surface area contributed by atoms with Crippen molar-refractivity contribution in [3.05, 3.63) is 23.7 Å². The van der Waals surface area contributed by atoms with Crippen LogP contribution < -0.4 is 0 Å². The minimum absolute atomic E-state index is 0.0780. The fraction of sp³-hybridized carbons (Fsp3) is 0.643. The van der Waals surface area contributed by atoms with Crippen LogP contribution in [0.25, 0.3) is 0 Å². The normalized spacial score (nSPS) is 21.4. The molecule has 1 unspecified atom stereocenters. The Bertz CT molecular complexity index is 430. The van der Waals surface area contributed by atoms with Crippen LogP contribution in [0.3, 0.4) is 0 Å². The molecule has 100 valence electrons. The third-order valence-corrected chi connectivity index (χ3v) is 3.83. The van der Waals surface area contributed by atoms with Crippen molar-refractivity contribution in [1.29, 1.82) is 0 Å². The smallest absolute Gasteiger partial charge is 0.372 e. The summed E-state index contributed by atoms with van der Waals surface area (Å²) in [5.74, 6) is -0.228. The number of aromatic carboxylic acids is 1. The molecule has 0 amide bonds. The fourth-order valence-corrected chi connectivity index (χ4v) is 2.57. The van der Waals surface area contributed by atoms with Gasteiger partial charge in [-0.2, -0.15) is 0 Å². The lowest BCUT2D eigenvalue weighted by Gasteiger charge is -2.27. The Morgan fingerprint density at radius 1 is 1.56 bits per heavy atom. The quantitative estimate of drug-likeness (QED) is 0.897. The molecular weight excluding hydrogens is 230 g/mol. The van der Waals surface area contributed by atoms with Crippen LogP contribution >= 0.6 is 0 Å². The van der Waals surface area contributed by atoms with Gasteiger partial charge in [0.15, 0.2) is 0 Å². The molecule has 1 fully saturated rings. The van der Waals surface area contributed by atoms with Gasteiger partial charge in [-0.25, -0.2) is 4.79 Å². The second-order valence-corrected chi connectivity index (χ2v) is 6.17. The number of furan rings is 1. The summed E-state index contributed by atoms with van der Waals surface area (Å²) in [7, 11) is 0. The maximum Gasteiger partial charge on any atom is 0.372 e. The van der Waals surface area contributed by atoms with E-state index in [4.69, 9.17) is 9.52 Å². The number of hydrogen-bond donors (Lipinski definition) is 1. The zero-order valence-electron chi connectivity index (χ0n) is 11.3. The number of hydrogen-bond acceptors (Lipinski definition) is 3. The summed E-state index contributed by atoms with van der Waals surface area (Å²) in [6, 6.07) is 1.76. The number of carbonyl (C=O) groups is 1. The van der Waals surface area contributed by atoms with Crippen molar-refractivity contribution >= 4 is 5.97 Å². The van der Waals surface area contributed by atoms with Crippen LogP contribution in [0.2, 0.25) is 0 Å². The largest absolute Gasteiger partial charge is 0.475 e. The summed E-state index contributed by atoms with van der Waals surface area (Å²) in [5.41, 5.74) is 1.10. The predicted octanol–water partition coefficient (Wildman–Crippen LogP) is 2.85. The number of carboxylic acid groups (broad SMARTS) is 1. The standard InChI is InChI=1S/C14H21NO3/c1-14(2,3)11-4-6-15(9-11)8-10-5-7-18-12(10)13(16)17/h5,7,11H,4,6,8-9H2,1-3H3,(H,16,17). The van der Waals surface area contributed by atoms with Crippen molar-refractivity contribution in [2.24, 2.45) is 11.3 Å². The molecule has 1 aromatic heterocycles. The SMILES string of the molecule is CC(C)(C)C1CCN(Cc2ccoc2C(=O)O)C1. The van der Waals surface area contributed by atoms with Gasteiger partial charge in [0.05, 0.1) is 6.26 Å². The Morgan fingerprint density at radius 2 is 2.28 bits per heavy atom. The van der Waals surface area contributed by atoms with E-state index in [2.05, 4.69) is 25.7 Å². The molecule has 2 heterocycles. The molecule has 2 rings (SSSR count). The molecule has 1 saturated heterocycles. The highest BCUT2D eigenvalue weighted by Gasteiger charge is 2.32. The second-order valence-electron chi connectivity index (χ2n) is 6.17. The average molecular weight is 251 g/mol. The van der Waals surface area contributed by atoms with Crippen molar-refractivity contribution in [2.75, 3.05) is 13.1 Å². The van der Waals surface area contributed by atoms with Gasteiger partial charge in [0.25, 0.3) is 0 Å². The van der Waals surface area contributed by atoms with Crippen molar-refractivity contribution in [2.45, 2.75) is 33.7 Å². The highest BCUT2D eigenvalue weighted by atomic mass is 16.4. The van der Waals surface area contributed by atoms with Crippen molar-refractivity contribution < 1.29 is 14.3 Å². The Hall–Kier alpha value is -1.29. The monoisotopic (exact) mass is 251 g/mol. The molecule has 0 aromatic carbocycles. The Balaban J connectivity index is 2.00. The minimum Gasteiger partial charge on any atom is -0.475 e. The fourth-order valence-electron chi connectivity index (χ4n) is 2.57. The topological polar surface area (TPSA) is 53.7 Å². The third kappa shape index (κ3) is 2.75. The predicted molar refractivity (Wildman–Crippen MR) is 68.5 cm³/mol. The first-order chi connectivity index (χ1) is 8.38. The van der Waals surface area contributed by atoms with E-state index in [1.54, 1.807) is 6.07 Å². The van der Waals surface area contributed by atoms with E-state index in [9.17, 15) is 4.79 Å². The van der Waals surface area contributed by atoms with E-state index >= 15 is 0 Å². The van der Waals surface area contributed by atoms with E-state index in [0.717, 1.165) is 18.7 Å². The maximum atomic E-state index is 11.0. The zero-order valence-corrected chi connectivity index (χ0v) is 11.3. The molecule has 4 nitrogen and oxygen atoms in total. The molecular formula is C14H21NO3. The van der Waals surface area contributed by atoms with E-state index < -0.39 is 5.97 Å². The lowest BCUT2D eigenvalue weighted by molar-refractivity contribution is 0.0659. The van der Waals surface area contributed by atoms with Gasteiger partial charge in [0, 0.05) is 18.7 Å². The summed E-state index contributed by atoms with van der Waals surface area (Å²) in [6.45, 7) is 9.54. The lowest BCUT2D eigenvalue weighted by Crippen LogP contribution is -2.26. The van der Waals surface area contributed by atoms with Gasteiger partial charge in [-0.1, -0.05) is 20.8 Å². The Kier molecular flexibility index (Phi) is 3.48. The van der Waals surface area contributed by atoms with Gasteiger partial charge in [-0.05, 0) is 30.4 Å². The van der Waals surface area contributed by atoms with E-state index in [0.29, 0.717) is 17.9 Å². The minimum atomic E-state index is -0.985. The van der Waals surface area contributed by atoms with Gasteiger partial charge in [0.2, 0.25) is 5.76 Å². The molecule has 1 N–H and O–H groups in total. The molecule has 0 bridgehead atoms. The van der Waals surface area contributed by atoms with Crippen LogP contribution in [-0.2, 0) is 6.54 Å². The second kappa shape index (κ2) is 4.76. The van der Waals surface area contributed by atoms with Crippen molar-refractivity contribution in [3.63, 3.8) is 0 Å². The molecule has 0 aliphatic carbocycles. The number of rotatable bonds is 3. The molecule has 1 aliphatic rings. The van der Waals surface area contributed by atoms with Crippen molar-refractivity contribution in [1.82, 2.24) is 4.90 Å². The first-order valence-electron chi connectivity index (χ1n) is 6.40. The van der Waals surface area contributed by atoms with Gasteiger partial charge >= 0.3 is 5.97 Å². The van der Waals surface area contributed by atoms with Gasteiger partial charge in [-0.3, -0.25) is 4.90 Å². The zero-order chi connectivity index (χ0) is 13.3. The summed E-state index contributed by atoms with van der Waals surface area (Å²) in [6.07, 6.45) is 2.64. The average Bonchev–Trinajstić information content (AvgIpc) is 2.85. The van der Waals surface area contributed by atoms with Crippen LogP contribution in [0.5, 0.6) is 0 Å². The van der Waals surface area contributed by atoms with E-state index in [-0.39, 0.29) is 5.76 Å². The van der Waals surface area contributed by atoms with Gasteiger partial charge in [0.1, 0.15) is 0 Å². The third-order valence-electron chi connectivity index (χ3n) is 3.83. The number of likely N-dealkylation sites (tertiary alicyclic amines) is 1. The number of nitrogens with zero attached hydrogens (tertiary/aromatic N) is 1. The summed E-state index contributed by atoms with van der Waals surface area (Å²) in [5, 5.41) is 9.00. The maximum absolute atomic E-state index is 11.0. The summed E-state index contributed by atoms with van der Waals surface area (Å²) < 4.78 is 5.00. The number of carboxylic acids is 1. The summed E-state index contributed by atoms with van der Waals surface area (Å²) in [4.78, 5) is 13.3. The highest BCUT2D eigenvalue weighted by molar-refractivity contribution is 5.86. The Labute approximate surface area is 108 Å². The van der Waals surface area contributed by atoms with Gasteiger partial charge in [-0.15, -0.1) is 0 Å². The van der Waals surface area contributed by atoms with Gasteiger partial charge < -0.3 is 9.52 Å². The van der Waals surface area contributed by atoms with E-state index in [1.807, 2.05) is 0 Å².